The van der Waals surface area contributed by atoms with E-state index in [4.69, 9.17) is 5.73 Å². The minimum absolute atomic E-state index is 0. The summed E-state index contributed by atoms with van der Waals surface area (Å²) in [6.07, 6.45) is 1.87. The van der Waals surface area contributed by atoms with Crippen LogP contribution in [0, 0.1) is 5.82 Å². The first-order valence-electron chi connectivity index (χ1n) is 7.33. The Morgan fingerprint density at radius 1 is 1.45 bits per heavy atom. The predicted octanol–water partition coefficient (Wildman–Crippen LogP) is 1.94. The highest BCUT2D eigenvalue weighted by molar-refractivity contribution is 5.86. The van der Waals surface area contributed by atoms with Gasteiger partial charge in [0.05, 0.1) is 23.2 Å². The van der Waals surface area contributed by atoms with Crippen molar-refractivity contribution in [2.75, 3.05) is 0 Å². The molecular formula is C16H22ClFN2O2. The number of nitrogens with zero attached hydrogens (tertiary/aromatic N) is 1. The van der Waals surface area contributed by atoms with Gasteiger partial charge in [0.25, 0.3) is 0 Å². The number of amides is 1. The summed E-state index contributed by atoms with van der Waals surface area (Å²) < 4.78 is 13.6. The maximum atomic E-state index is 13.6. The van der Waals surface area contributed by atoms with Gasteiger partial charge in [-0.1, -0.05) is 12.1 Å². The monoisotopic (exact) mass is 328 g/mol. The van der Waals surface area contributed by atoms with E-state index in [-0.39, 0.29) is 30.2 Å². The van der Waals surface area contributed by atoms with E-state index in [0.717, 1.165) is 5.56 Å². The molecule has 2 heterocycles. The van der Waals surface area contributed by atoms with Crippen molar-refractivity contribution in [3.63, 3.8) is 0 Å². The van der Waals surface area contributed by atoms with Crippen molar-refractivity contribution in [1.82, 2.24) is 4.90 Å². The highest BCUT2D eigenvalue weighted by Crippen LogP contribution is 2.51. The van der Waals surface area contributed by atoms with E-state index >= 15 is 0 Å². The number of aliphatic hydroxyl groups is 1. The predicted molar refractivity (Wildman–Crippen MR) is 84.1 cm³/mol. The number of halogens is 2. The molecule has 0 aromatic heterocycles. The van der Waals surface area contributed by atoms with Crippen molar-refractivity contribution in [2.24, 2.45) is 5.73 Å². The van der Waals surface area contributed by atoms with Crippen molar-refractivity contribution < 1.29 is 14.3 Å². The normalized spacial score (nSPS) is 31.1. The molecule has 2 fully saturated rings. The van der Waals surface area contributed by atoms with Gasteiger partial charge in [-0.05, 0) is 50.8 Å². The molecule has 2 saturated heterocycles. The summed E-state index contributed by atoms with van der Waals surface area (Å²) in [7, 11) is 0. The molecule has 2 aliphatic heterocycles. The first kappa shape index (κ1) is 17.2. The van der Waals surface area contributed by atoms with E-state index in [1.165, 1.54) is 12.1 Å². The zero-order chi connectivity index (χ0) is 15.4. The van der Waals surface area contributed by atoms with Gasteiger partial charge in [-0.2, -0.15) is 0 Å². The Hall–Kier alpha value is -1.17. The number of hydrogen-bond donors (Lipinski definition) is 2. The Morgan fingerprint density at radius 3 is 2.73 bits per heavy atom. The van der Waals surface area contributed by atoms with Crippen LogP contribution in [0.2, 0.25) is 0 Å². The lowest BCUT2D eigenvalue weighted by atomic mass is 9.85. The molecule has 22 heavy (non-hydrogen) atoms. The summed E-state index contributed by atoms with van der Waals surface area (Å²) in [5, 5.41) is 10.4. The number of carbonyl (C=O) groups excluding carboxylic acids is 1. The first-order chi connectivity index (χ1) is 9.75. The van der Waals surface area contributed by atoms with Crippen molar-refractivity contribution >= 4 is 18.3 Å². The molecule has 2 aliphatic rings. The number of rotatable bonds is 2. The Labute approximate surface area is 135 Å². The van der Waals surface area contributed by atoms with Crippen LogP contribution < -0.4 is 5.73 Å². The van der Waals surface area contributed by atoms with Gasteiger partial charge in [0.1, 0.15) is 5.82 Å². The van der Waals surface area contributed by atoms with Crippen LogP contribution >= 0.6 is 12.4 Å². The third-order valence-electron chi connectivity index (χ3n) is 4.89. The maximum absolute atomic E-state index is 13.6. The smallest absolute Gasteiger partial charge is 0.240 e. The van der Waals surface area contributed by atoms with Gasteiger partial charge in [-0.3, -0.25) is 4.79 Å². The molecule has 4 nitrogen and oxygen atoms in total. The molecule has 1 aromatic carbocycles. The Morgan fingerprint density at radius 2 is 2.14 bits per heavy atom. The minimum atomic E-state index is -1.01. The Kier molecular flexibility index (Phi) is 4.28. The van der Waals surface area contributed by atoms with Crippen molar-refractivity contribution in [1.29, 1.82) is 0 Å². The van der Waals surface area contributed by atoms with Crippen LogP contribution in [0.5, 0.6) is 0 Å². The van der Waals surface area contributed by atoms with Gasteiger partial charge in [-0.15, -0.1) is 12.4 Å². The van der Waals surface area contributed by atoms with Crippen molar-refractivity contribution in [3.8, 4) is 0 Å². The summed E-state index contributed by atoms with van der Waals surface area (Å²) in [5.41, 5.74) is 5.16. The molecule has 122 valence electrons. The van der Waals surface area contributed by atoms with E-state index in [0.29, 0.717) is 19.3 Å². The van der Waals surface area contributed by atoms with E-state index in [2.05, 4.69) is 0 Å². The average molecular weight is 329 g/mol. The number of carbonyl (C=O) groups is 1. The summed E-state index contributed by atoms with van der Waals surface area (Å²) in [6, 6.07) is 5.49. The van der Waals surface area contributed by atoms with Crippen molar-refractivity contribution in [3.05, 3.63) is 35.6 Å². The first-order valence-corrected chi connectivity index (χ1v) is 7.33. The third-order valence-corrected chi connectivity index (χ3v) is 4.89. The van der Waals surface area contributed by atoms with Gasteiger partial charge in [0, 0.05) is 0 Å². The average Bonchev–Trinajstić information content (AvgIpc) is 2.87. The molecule has 0 saturated carbocycles. The molecule has 1 aromatic rings. The highest BCUT2D eigenvalue weighted by atomic mass is 35.5. The van der Waals surface area contributed by atoms with Crippen LogP contribution in [0.1, 0.15) is 38.7 Å². The van der Waals surface area contributed by atoms with Crippen molar-refractivity contribution in [2.45, 2.75) is 56.3 Å². The van der Waals surface area contributed by atoms with E-state index in [1.807, 2.05) is 6.07 Å². The highest BCUT2D eigenvalue weighted by Gasteiger charge is 2.59. The van der Waals surface area contributed by atoms with Gasteiger partial charge in [0.2, 0.25) is 5.91 Å². The third kappa shape index (κ3) is 2.41. The van der Waals surface area contributed by atoms with Crippen LogP contribution in [-0.2, 0) is 10.3 Å². The van der Waals surface area contributed by atoms with Gasteiger partial charge >= 0.3 is 0 Å². The second kappa shape index (κ2) is 5.48. The van der Waals surface area contributed by atoms with E-state index < -0.39 is 17.2 Å². The molecule has 3 rings (SSSR count). The maximum Gasteiger partial charge on any atom is 0.240 e. The minimum Gasteiger partial charge on any atom is -0.388 e. The Bertz CT molecular complexity index is 590. The second-order valence-electron chi connectivity index (χ2n) is 6.77. The molecule has 0 unspecified atom stereocenters. The summed E-state index contributed by atoms with van der Waals surface area (Å²) in [5.74, 6) is -0.467. The van der Waals surface area contributed by atoms with Gasteiger partial charge in [-0.25, -0.2) is 4.39 Å². The fraction of sp³-hybridized carbons (Fsp3) is 0.562. The standard InChI is InChI=1S/C16H21FN2O2.ClH/c1-15(2,21)13-6-7-16(9-12(18)14(20)19(13)16)10-4-3-5-11(17)8-10;/h3-5,8,12-13,21H,6-7,9,18H2,1-2H3;1H/t12-,13+,16+;/m0./s1. The molecule has 3 atom stereocenters. The SMILES string of the molecule is CC(C)(O)[C@H]1CC[C@]2(c3cccc(F)c3)C[C@H](N)C(=O)N12.Cl. The lowest BCUT2D eigenvalue weighted by molar-refractivity contribution is -0.138. The molecule has 0 radical (unpaired) electrons. The number of hydrogen-bond acceptors (Lipinski definition) is 3. The second-order valence-corrected chi connectivity index (χ2v) is 6.77. The quantitative estimate of drug-likeness (QED) is 0.872. The van der Waals surface area contributed by atoms with Crippen LogP contribution in [0.15, 0.2) is 24.3 Å². The van der Waals surface area contributed by atoms with Gasteiger partial charge in [0.15, 0.2) is 0 Å². The van der Waals surface area contributed by atoms with E-state index in [9.17, 15) is 14.3 Å². The fourth-order valence-electron chi connectivity index (χ4n) is 3.97. The lowest BCUT2D eigenvalue weighted by Gasteiger charge is -2.39. The zero-order valence-electron chi connectivity index (χ0n) is 12.8. The zero-order valence-corrected chi connectivity index (χ0v) is 13.6. The number of nitrogens with two attached hydrogens (primary N) is 1. The fourth-order valence-corrected chi connectivity index (χ4v) is 3.97. The molecule has 1 amide bonds. The molecule has 6 heteroatoms. The van der Waals surface area contributed by atoms with Crippen LogP contribution in [0.3, 0.4) is 0 Å². The largest absolute Gasteiger partial charge is 0.388 e. The molecule has 0 spiro atoms. The van der Waals surface area contributed by atoms with Crippen LogP contribution in [-0.4, -0.2) is 33.6 Å². The number of fused-ring (bicyclic) bond motifs is 1. The molecule has 3 N–H and O–H groups in total. The van der Waals surface area contributed by atoms with Crippen LogP contribution in [0.4, 0.5) is 4.39 Å². The summed E-state index contributed by atoms with van der Waals surface area (Å²) in [4.78, 5) is 14.2. The van der Waals surface area contributed by atoms with Crippen LogP contribution in [0.25, 0.3) is 0 Å². The van der Waals surface area contributed by atoms with E-state index in [1.54, 1.807) is 24.8 Å². The molecule has 0 aliphatic carbocycles. The lowest BCUT2D eigenvalue weighted by Crippen LogP contribution is -2.52. The summed E-state index contributed by atoms with van der Waals surface area (Å²) in [6.45, 7) is 3.41. The molecular weight excluding hydrogens is 307 g/mol. The molecule has 0 bridgehead atoms. The summed E-state index contributed by atoms with van der Waals surface area (Å²) >= 11 is 0. The Balaban J connectivity index is 0.00000176. The topological polar surface area (TPSA) is 66.6 Å². The van der Waals surface area contributed by atoms with Gasteiger partial charge < -0.3 is 15.7 Å². The number of benzene rings is 1.